The van der Waals surface area contributed by atoms with E-state index < -0.39 is 5.66 Å². The zero-order valence-corrected chi connectivity index (χ0v) is 21.2. The third-order valence-electron chi connectivity index (χ3n) is 7.29. The molecule has 4 heterocycles. The minimum Gasteiger partial charge on any atom is -0.306 e. The third kappa shape index (κ3) is 3.49. The van der Waals surface area contributed by atoms with E-state index in [0.717, 1.165) is 23.4 Å². The maximum Gasteiger partial charge on any atom is 0.259 e. The second kappa shape index (κ2) is 9.16. The van der Waals surface area contributed by atoms with Crippen LogP contribution in [0.15, 0.2) is 89.9 Å². The van der Waals surface area contributed by atoms with Gasteiger partial charge in [-0.1, -0.05) is 61.4 Å². The molecule has 0 spiro atoms. The van der Waals surface area contributed by atoms with Crippen LogP contribution in [0.1, 0.15) is 51.7 Å². The largest absolute Gasteiger partial charge is 0.306 e. The van der Waals surface area contributed by atoms with Gasteiger partial charge < -0.3 is 9.80 Å². The Labute approximate surface area is 220 Å². The van der Waals surface area contributed by atoms with Crippen molar-refractivity contribution in [2.75, 3.05) is 13.1 Å². The van der Waals surface area contributed by atoms with Gasteiger partial charge in [0, 0.05) is 48.1 Å². The monoisotopic (exact) mass is 511 g/mol. The zero-order valence-electron chi connectivity index (χ0n) is 20.5. The summed E-state index contributed by atoms with van der Waals surface area (Å²) in [5.74, 6) is -0.263. The topological polar surface area (TPSA) is 71.3 Å². The summed E-state index contributed by atoms with van der Waals surface area (Å²) >= 11 is 6.35. The first-order chi connectivity index (χ1) is 18.1. The number of amides is 2. The molecule has 3 aliphatic rings. The van der Waals surface area contributed by atoms with E-state index in [4.69, 9.17) is 11.6 Å². The third-order valence-corrected chi connectivity index (χ3v) is 7.57. The average Bonchev–Trinajstić information content (AvgIpc) is 3.53. The van der Waals surface area contributed by atoms with Crippen molar-refractivity contribution in [3.05, 3.63) is 112 Å². The van der Waals surface area contributed by atoms with Crippen LogP contribution in [0.4, 0.5) is 0 Å². The van der Waals surface area contributed by atoms with Gasteiger partial charge in [0.05, 0.1) is 28.7 Å². The Bertz CT molecular complexity index is 1490. The van der Waals surface area contributed by atoms with Crippen molar-refractivity contribution < 1.29 is 9.59 Å². The minimum atomic E-state index is -1.11. The molecular formula is C29H26ClN5O2. The number of hydrogen-bond donors (Lipinski definition) is 0. The first-order valence-electron chi connectivity index (χ1n) is 12.5. The van der Waals surface area contributed by atoms with Gasteiger partial charge in [-0.15, -0.1) is 0 Å². The molecule has 7 nitrogen and oxygen atoms in total. The van der Waals surface area contributed by atoms with Gasteiger partial charge >= 0.3 is 0 Å². The molecule has 0 saturated carbocycles. The molecule has 2 aliphatic heterocycles. The Morgan fingerprint density at radius 2 is 1.95 bits per heavy atom. The Kier molecular flexibility index (Phi) is 5.80. The Balaban J connectivity index is 1.53. The van der Waals surface area contributed by atoms with Gasteiger partial charge in [0.25, 0.3) is 11.8 Å². The Morgan fingerprint density at radius 1 is 1.11 bits per heavy atom. The van der Waals surface area contributed by atoms with Crippen LogP contribution in [-0.4, -0.2) is 49.5 Å². The molecule has 1 saturated heterocycles. The number of benzene rings is 1. The average molecular weight is 512 g/mol. The predicted octanol–water partition coefficient (Wildman–Crippen LogP) is 4.99. The number of pyridine rings is 1. The molecule has 1 atom stereocenters. The van der Waals surface area contributed by atoms with E-state index in [0.29, 0.717) is 47.7 Å². The second-order valence-electron chi connectivity index (χ2n) is 9.35. The number of carbonyl (C=O) groups excluding carboxylic acids is 2. The first-order valence-corrected chi connectivity index (χ1v) is 12.9. The van der Waals surface area contributed by atoms with Crippen molar-refractivity contribution in [2.24, 2.45) is 0 Å². The highest BCUT2D eigenvalue weighted by molar-refractivity contribution is 6.29. The van der Waals surface area contributed by atoms with Crippen molar-refractivity contribution >= 4 is 23.4 Å². The van der Waals surface area contributed by atoms with Gasteiger partial charge in [-0.05, 0) is 30.7 Å². The van der Waals surface area contributed by atoms with Gasteiger partial charge in [0.1, 0.15) is 0 Å². The van der Waals surface area contributed by atoms with Crippen LogP contribution < -0.4 is 0 Å². The van der Waals surface area contributed by atoms with E-state index in [1.165, 1.54) is 0 Å². The number of allylic oxidation sites excluding steroid dienone is 4. The fourth-order valence-corrected chi connectivity index (χ4v) is 5.88. The van der Waals surface area contributed by atoms with Gasteiger partial charge in [-0.3, -0.25) is 14.6 Å². The molecule has 0 radical (unpaired) electrons. The van der Waals surface area contributed by atoms with Crippen LogP contribution in [0.2, 0.25) is 0 Å². The van der Waals surface area contributed by atoms with E-state index in [2.05, 4.69) is 17.0 Å². The molecule has 6 rings (SSSR count). The van der Waals surface area contributed by atoms with Crippen LogP contribution in [-0.2, 0) is 12.1 Å². The second-order valence-corrected chi connectivity index (χ2v) is 9.84. The summed E-state index contributed by atoms with van der Waals surface area (Å²) in [4.78, 5) is 36.0. The fraction of sp³-hybridized carbons (Fsp3) is 0.241. The molecule has 1 unspecified atom stereocenters. The summed E-state index contributed by atoms with van der Waals surface area (Å²) in [6.07, 6.45) is 14.8. The minimum absolute atomic E-state index is 0.102. The highest BCUT2D eigenvalue weighted by Crippen LogP contribution is 2.51. The van der Waals surface area contributed by atoms with Gasteiger partial charge in [-0.2, -0.15) is 5.10 Å². The van der Waals surface area contributed by atoms with E-state index in [-0.39, 0.29) is 11.8 Å². The summed E-state index contributed by atoms with van der Waals surface area (Å²) in [6, 6.07) is 11.6. The highest BCUT2D eigenvalue weighted by Gasteiger charge is 2.60. The predicted molar refractivity (Wildman–Crippen MR) is 141 cm³/mol. The fourth-order valence-electron chi connectivity index (χ4n) is 5.73. The van der Waals surface area contributed by atoms with Crippen LogP contribution in [0, 0.1) is 0 Å². The van der Waals surface area contributed by atoms with Crippen molar-refractivity contribution in [3.63, 3.8) is 0 Å². The van der Waals surface area contributed by atoms with Gasteiger partial charge in [0.15, 0.2) is 5.66 Å². The molecular weight excluding hydrogens is 486 g/mol. The van der Waals surface area contributed by atoms with Crippen LogP contribution >= 0.6 is 11.6 Å². The van der Waals surface area contributed by atoms with E-state index >= 15 is 0 Å². The van der Waals surface area contributed by atoms with Crippen LogP contribution in [0.3, 0.4) is 0 Å². The van der Waals surface area contributed by atoms with E-state index in [9.17, 15) is 9.59 Å². The summed E-state index contributed by atoms with van der Waals surface area (Å²) in [5.41, 5.74) is 3.28. The lowest BCUT2D eigenvalue weighted by atomic mass is 9.89. The number of hydrogen-bond acceptors (Lipinski definition) is 4. The van der Waals surface area contributed by atoms with E-state index in [1.807, 2.05) is 64.2 Å². The maximum atomic E-state index is 14.5. The van der Waals surface area contributed by atoms with Gasteiger partial charge in [-0.25, -0.2) is 4.68 Å². The molecule has 1 aromatic carbocycles. The summed E-state index contributed by atoms with van der Waals surface area (Å²) in [6.45, 7) is 2.89. The first kappa shape index (κ1) is 23.4. The van der Waals surface area contributed by atoms with Crippen LogP contribution in [0.5, 0.6) is 0 Å². The zero-order chi connectivity index (χ0) is 25.6. The van der Waals surface area contributed by atoms with Crippen molar-refractivity contribution in [1.82, 2.24) is 24.6 Å². The summed E-state index contributed by atoms with van der Waals surface area (Å²) in [7, 11) is 0. The number of rotatable bonds is 5. The lowest BCUT2D eigenvalue weighted by Gasteiger charge is -2.40. The Hall–Kier alpha value is -3.97. The molecule has 1 fully saturated rings. The van der Waals surface area contributed by atoms with Crippen LogP contribution in [0.25, 0.3) is 5.69 Å². The van der Waals surface area contributed by atoms with Crippen molar-refractivity contribution in [2.45, 2.75) is 31.8 Å². The lowest BCUT2D eigenvalue weighted by molar-refractivity contribution is 0.0371. The number of nitrogens with zero attached hydrogens (tertiary/aromatic N) is 5. The number of aromatic nitrogens is 3. The number of carbonyl (C=O) groups is 2. The van der Waals surface area contributed by atoms with Crippen molar-refractivity contribution in [1.29, 1.82) is 0 Å². The van der Waals surface area contributed by atoms with Gasteiger partial charge in [0.2, 0.25) is 0 Å². The molecule has 2 aromatic heterocycles. The molecule has 2 amide bonds. The van der Waals surface area contributed by atoms with Crippen molar-refractivity contribution in [3.8, 4) is 5.69 Å². The Morgan fingerprint density at radius 3 is 2.76 bits per heavy atom. The summed E-state index contributed by atoms with van der Waals surface area (Å²) < 4.78 is 1.85. The maximum absolute atomic E-state index is 14.5. The number of fused-ring (bicyclic) bond motifs is 3. The number of para-hydroxylation sites is 1. The molecule has 37 heavy (non-hydrogen) atoms. The number of halogens is 1. The molecule has 0 bridgehead atoms. The molecule has 3 aromatic rings. The smallest absolute Gasteiger partial charge is 0.259 e. The SMILES string of the molecule is CCCc1c(C(=O)N2CCN3C(=O)c4ccncc4C32C2=CC=C(Cl)CC=C2)cnn1-c1ccccc1. The molecule has 8 heteroatoms. The molecule has 0 N–H and O–H groups in total. The summed E-state index contributed by atoms with van der Waals surface area (Å²) in [5, 5.41) is 5.31. The highest BCUT2D eigenvalue weighted by atomic mass is 35.5. The molecule has 1 aliphatic carbocycles. The quantitative estimate of drug-likeness (QED) is 0.483. The van der Waals surface area contributed by atoms with E-state index in [1.54, 1.807) is 29.6 Å². The standard InChI is InChI=1S/C29H26ClN5O2/c1-2-7-26-24(18-32-35(26)22-10-4-3-5-11-22)28(37)34-17-16-33-27(36)23-14-15-31-19-25(23)29(33,34)20-8-6-9-21(30)13-12-20/h3-6,8,10-15,18-19H,2,7,9,16-17H2,1H3. The lowest BCUT2D eigenvalue weighted by Crippen LogP contribution is -2.52. The normalized spacial score (nSPS) is 20.4. The molecule has 186 valence electrons.